The lowest BCUT2D eigenvalue weighted by Gasteiger charge is -2.41. The molecule has 0 spiro atoms. The lowest BCUT2D eigenvalue weighted by Crippen LogP contribution is -2.47. The van der Waals surface area contributed by atoms with E-state index in [2.05, 4.69) is 60.3 Å². The van der Waals surface area contributed by atoms with Crippen LogP contribution in [0.3, 0.4) is 0 Å². The Morgan fingerprint density at radius 3 is 2.19 bits per heavy atom. The molecule has 0 aliphatic carbocycles. The van der Waals surface area contributed by atoms with E-state index < -0.39 is 19.8 Å². The molecule has 7 nitrogen and oxygen atoms in total. The van der Waals surface area contributed by atoms with Crippen LogP contribution in [0.4, 0.5) is 0 Å². The third-order valence-corrected chi connectivity index (χ3v) is 15.9. The Balaban J connectivity index is 1.93. The van der Waals surface area contributed by atoms with Gasteiger partial charge < -0.3 is 23.4 Å². The Morgan fingerprint density at radius 2 is 1.60 bits per heavy atom. The standard InChI is InChI=1S/C45H70O7Si/c1-32(2)53(33(3)4,34(5)6)50-24-15-14-17-35(7)25-39(46)18-16-19-41-26-36(8)27-42(51-41)28-37(9)29-43(52-44(47)45(10,11)12)31-49-30-38-20-22-40(48-13)23-21-38/h14-18,20-23,28,32-34,41-43H,8,19,24-27,29-31H2,1-7,9-13H3/b15-14+,18-16+,35-17-,37-28+/t41-,42-,43-/m0/s1. The van der Waals surface area contributed by atoms with Crippen molar-refractivity contribution in [1.29, 1.82) is 0 Å². The van der Waals surface area contributed by atoms with Crippen molar-refractivity contribution in [3.05, 3.63) is 89.6 Å². The summed E-state index contributed by atoms with van der Waals surface area (Å²) in [5.74, 6) is 0.597. The lowest BCUT2D eigenvalue weighted by molar-refractivity contribution is -0.161. The number of esters is 1. The molecule has 1 aliphatic rings. The summed E-state index contributed by atoms with van der Waals surface area (Å²) in [6.45, 7) is 28.9. The zero-order valence-electron chi connectivity index (χ0n) is 35.0. The predicted octanol–water partition coefficient (Wildman–Crippen LogP) is 11.2. The Bertz CT molecular complexity index is 1400. The second kappa shape index (κ2) is 22.4. The fourth-order valence-corrected chi connectivity index (χ4v) is 12.6. The van der Waals surface area contributed by atoms with E-state index in [1.807, 2.05) is 77.1 Å². The first-order valence-electron chi connectivity index (χ1n) is 19.4. The summed E-state index contributed by atoms with van der Waals surface area (Å²) < 4.78 is 30.2. The van der Waals surface area contributed by atoms with Crippen molar-refractivity contribution in [2.75, 3.05) is 20.3 Å². The maximum absolute atomic E-state index is 12.8. The van der Waals surface area contributed by atoms with Crippen LogP contribution >= 0.6 is 0 Å². The minimum Gasteiger partial charge on any atom is -0.497 e. The zero-order chi connectivity index (χ0) is 39.8. The number of methoxy groups -OCH3 is 1. The van der Waals surface area contributed by atoms with Crippen LogP contribution < -0.4 is 4.74 Å². The van der Waals surface area contributed by atoms with E-state index in [1.165, 1.54) is 0 Å². The molecule has 2 rings (SSSR count). The van der Waals surface area contributed by atoms with E-state index >= 15 is 0 Å². The lowest BCUT2D eigenvalue weighted by atomic mass is 9.95. The predicted molar refractivity (Wildman–Crippen MR) is 221 cm³/mol. The molecule has 1 saturated heterocycles. The Hall–Kier alpha value is -3.04. The summed E-state index contributed by atoms with van der Waals surface area (Å²) in [7, 11) is -0.251. The normalized spacial score (nSPS) is 18.5. The van der Waals surface area contributed by atoms with Crippen LogP contribution in [0.1, 0.15) is 114 Å². The van der Waals surface area contributed by atoms with Gasteiger partial charge in [0.25, 0.3) is 0 Å². The monoisotopic (exact) mass is 750 g/mol. The number of benzene rings is 1. The molecule has 8 heteroatoms. The fourth-order valence-electron chi connectivity index (χ4n) is 7.23. The molecule has 1 aromatic rings. The number of allylic oxidation sites excluding steroid dienone is 4. The van der Waals surface area contributed by atoms with Gasteiger partial charge in [0.1, 0.15) is 11.9 Å². The zero-order valence-corrected chi connectivity index (χ0v) is 36.0. The summed E-state index contributed by atoms with van der Waals surface area (Å²) in [5.41, 5.74) is 5.22. The fraction of sp³-hybridized carbons (Fsp3) is 0.600. The third kappa shape index (κ3) is 16.1. The summed E-state index contributed by atoms with van der Waals surface area (Å²) >= 11 is 0. The summed E-state index contributed by atoms with van der Waals surface area (Å²) in [4.78, 5) is 25.6. The SMILES string of the molecule is C=C1C[C@H](C/C=C/C(=O)C/C(C)=C\C=C\CO[Si](C(C)C)(C(C)C)C(C)C)O[C@H](/C=C(\C)C[C@@H](COCc2ccc(OC)cc2)OC(=O)C(C)(C)C)C1. The van der Waals surface area contributed by atoms with Crippen LogP contribution in [-0.2, 0) is 34.8 Å². The molecule has 0 unspecified atom stereocenters. The number of hydrogen-bond donors (Lipinski definition) is 0. The van der Waals surface area contributed by atoms with Crippen LogP contribution in [-0.4, -0.2) is 58.7 Å². The van der Waals surface area contributed by atoms with Crippen molar-refractivity contribution in [3.8, 4) is 5.75 Å². The molecule has 0 saturated carbocycles. The van der Waals surface area contributed by atoms with Crippen LogP contribution in [0.15, 0.2) is 84.0 Å². The minimum atomic E-state index is -1.89. The number of ether oxygens (including phenoxy) is 4. The highest BCUT2D eigenvalue weighted by Crippen LogP contribution is 2.42. The van der Waals surface area contributed by atoms with E-state index in [9.17, 15) is 9.59 Å². The molecule has 53 heavy (non-hydrogen) atoms. The molecule has 0 N–H and O–H groups in total. The molecule has 1 heterocycles. The van der Waals surface area contributed by atoms with Gasteiger partial charge in [-0.05, 0) is 94.3 Å². The molecule has 1 aromatic carbocycles. The van der Waals surface area contributed by atoms with Crippen molar-refractivity contribution in [3.63, 3.8) is 0 Å². The topological polar surface area (TPSA) is 80.3 Å². The van der Waals surface area contributed by atoms with Gasteiger partial charge in [0.15, 0.2) is 5.78 Å². The van der Waals surface area contributed by atoms with Crippen LogP contribution in [0.5, 0.6) is 5.75 Å². The van der Waals surface area contributed by atoms with Gasteiger partial charge in [-0.3, -0.25) is 9.59 Å². The molecule has 0 aromatic heterocycles. The average Bonchev–Trinajstić information content (AvgIpc) is 3.05. The van der Waals surface area contributed by atoms with Gasteiger partial charge in [-0.25, -0.2) is 0 Å². The summed E-state index contributed by atoms with van der Waals surface area (Å²) in [6.07, 6.45) is 14.2. The van der Waals surface area contributed by atoms with Gasteiger partial charge in [-0.2, -0.15) is 0 Å². The molecule has 1 aliphatic heterocycles. The van der Waals surface area contributed by atoms with Gasteiger partial charge in [0, 0.05) is 12.8 Å². The van der Waals surface area contributed by atoms with Crippen molar-refractivity contribution in [1.82, 2.24) is 0 Å². The molecule has 0 radical (unpaired) electrons. The largest absolute Gasteiger partial charge is 0.497 e. The number of carbonyl (C=O) groups excluding carboxylic acids is 2. The van der Waals surface area contributed by atoms with E-state index in [0.29, 0.717) is 49.1 Å². The maximum Gasteiger partial charge on any atom is 0.311 e. The molecular formula is C45H70O7Si. The first-order chi connectivity index (χ1) is 24.9. The number of rotatable bonds is 21. The van der Waals surface area contributed by atoms with E-state index in [-0.39, 0.29) is 30.6 Å². The average molecular weight is 751 g/mol. The quantitative estimate of drug-likeness (QED) is 0.0407. The van der Waals surface area contributed by atoms with E-state index in [1.54, 1.807) is 13.2 Å². The highest BCUT2D eigenvalue weighted by Gasteiger charge is 2.44. The molecule has 3 atom stereocenters. The van der Waals surface area contributed by atoms with Crippen molar-refractivity contribution >= 4 is 20.1 Å². The van der Waals surface area contributed by atoms with Gasteiger partial charge in [-0.15, -0.1) is 0 Å². The molecule has 0 amide bonds. The Kier molecular flexibility index (Phi) is 19.5. The second-order valence-electron chi connectivity index (χ2n) is 16.7. The summed E-state index contributed by atoms with van der Waals surface area (Å²) in [5, 5.41) is 0. The van der Waals surface area contributed by atoms with Gasteiger partial charge in [0.05, 0.1) is 44.6 Å². The van der Waals surface area contributed by atoms with Crippen molar-refractivity contribution < 1.29 is 33.0 Å². The maximum atomic E-state index is 12.8. The Morgan fingerprint density at radius 1 is 0.962 bits per heavy atom. The van der Waals surface area contributed by atoms with Crippen molar-refractivity contribution in [2.24, 2.45) is 5.41 Å². The molecule has 296 valence electrons. The molecular weight excluding hydrogens is 681 g/mol. The minimum absolute atomic E-state index is 0.0607. The van der Waals surface area contributed by atoms with Gasteiger partial charge in [-0.1, -0.05) is 107 Å². The number of carbonyl (C=O) groups is 2. The summed E-state index contributed by atoms with van der Waals surface area (Å²) in [6, 6.07) is 7.72. The van der Waals surface area contributed by atoms with Gasteiger partial charge >= 0.3 is 5.97 Å². The molecule has 0 bridgehead atoms. The smallest absolute Gasteiger partial charge is 0.311 e. The molecule has 1 fully saturated rings. The van der Waals surface area contributed by atoms with Crippen LogP contribution in [0, 0.1) is 5.41 Å². The first-order valence-corrected chi connectivity index (χ1v) is 21.6. The van der Waals surface area contributed by atoms with Gasteiger partial charge in [0.2, 0.25) is 8.32 Å². The number of hydrogen-bond acceptors (Lipinski definition) is 7. The van der Waals surface area contributed by atoms with Crippen LogP contribution in [0.25, 0.3) is 0 Å². The number of ketones is 1. The van der Waals surface area contributed by atoms with E-state index in [0.717, 1.165) is 40.9 Å². The third-order valence-electron chi connectivity index (χ3n) is 9.82. The van der Waals surface area contributed by atoms with Crippen molar-refractivity contribution in [2.45, 2.75) is 150 Å². The first kappa shape index (κ1) is 46.1. The highest BCUT2D eigenvalue weighted by atomic mass is 28.4. The Labute approximate surface area is 323 Å². The van der Waals surface area contributed by atoms with Crippen LogP contribution in [0.2, 0.25) is 16.6 Å². The highest BCUT2D eigenvalue weighted by molar-refractivity contribution is 6.77. The second-order valence-corrected chi connectivity index (χ2v) is 22.1. The van der Waals surface area contributed by atoms with E-state index in [4.69, 9.17) is 23.4 Å².